The Labute approximate surface area is 145 Å². The molecule has 7 heteroatoms. The van der Waals surface area contributed by atoms with Gasteiger partial charge in [-0.15, -0.1) is 11.3 Å². The summed E-state index contributed by atoms with van der Waals surface area (Å²) < 4.78 is 5.62. The van der Waals surface area contributed by atoms with Gasteiger partial charge in [0.05, 0.1) is 4.88 Å². The van der Waals surface area contributed by atoms with Gasteiger partial charge in [0.2, 0.25) is 0 Å². The second-order valence-corrected chi connectivity index (χ2v) is 6.12. The number of carbonyl (C=O) groups is 3. The van der Waals surface area contributed by atoms with Gasteiger partial charge in [0, 0.05) is 10.5 Å². The molecule has 2 aromatic rings. The van der Waals surface area contributed by atoms with Gasteiger partial charge in [0.1, 0.15) is 0 Å². The molecule has 0 saturated carbocycles. The van der Waals surface area contributed by atoms with E-state index in [0.29, 0.717) is 4.88 Å². The van der Waals surface area contributed by atoms with Crippen LogP contribution < -0.4 is 5.32 Å². The fourth-order valence-corrected chi connectivity index (χ4v) is 2.62. The Morgan fingerprint density at radius 1 is 1.17 bits per heavy atom. The molecule has 2 amide bonds. The lowest BCUT2D eigenvalue weighted by Gasteiger charge is -2.03. The van der Waals surface area contributed by atoms with E-state index in [-0.39, 0.29) is 0 Å². The normalized spacial score (nSPS) is 10.5. The molecular weight excluding hydrogens is 382 g/mol. The summed E-state index contributed by atoms with van der Waals surface area (Å²) >= 11 is 4.57. The molecule has 23 heavy (non-hydrogen) atoms. The van der Waals surface area contributed by atoms with Crippen molar-refractivity contribution < 1.29 is 19.1 Å². The van der Waals surface area contributed by atoms with Crippen LogP contribution in [-0.4, -0.2) is 24.4 Å². The maximum Gasteiger partial charge on any atom is 0.331 e. The van der Waals surface area contributed by atoms with Crippen molar-refractivity contribution in [2.75, 3.05) is 6.61 Å². The van der Waals surface area contributed by atoms with Gasteiger partial charge in [0.15, 0.2) is 6.61 Å². The van der Waals surface area contributed by atoms with Crippen LogP contribution in [-0.2, 0) is 14.3 Å². The van der Waals surface area contributed by atoms with Gasteiger partial charge in [0.25, 0.3) is 11.8 Å². The van der Waals surface area contributed by atoms with Crippen molar-refractivity contribution in [2.24, 2.45) is 0 Å². The van der Waals surface area contributed by atoms with Crippen LogP contribution >= 0.6 is 27.3 Å². The van der Waals surface area contributed by atoms with Crippen LogP contribution in [0.2, 0.25) is 0 Å². The van der Waals surface area contributed by atoms with E-state index in [0.717, 1.165) is 10.0 Å². The minimum Gasteiger partial charge on any atom is -0.452 e. The average molecular weight is 394 g/mol. The van der Waals surface area contributed by atoms with Crippen molar-refractivity contribution in [1.82, 2.24) is 5.32 Å². The number of hydrogen-bond donors (Lipinski definition) is 1. The number of benzene rings is 1. The Morgan fingerprint density at radius 2 is 1.96 bits per heavy atom. The molecule has 1 aromatic carbocycles. The highest BCUT2D eigenvalue weighted by molar-refractivity contribution is 9.10. The van der Waals surface area contributed by atoms with E-state index in [4.69, 9.17) is 4.74 Å². The summed E-state index contributed by atoms with van der Waals surface area (Å²) in [5.74, 6) is -1.85. The summed E-state index contributed by atoms with van der Waals surface area (Å²) in [6.45, 7) is -0.518. The van der Waals surface area contributed by atoms with Crippen molar-refractivity contribution in [3.63, 3.8) is 0 Å². The Kier molecular flexibility index (Phi) is 6.25. The van der Waals surface area contributed by atoms with Gasteiger partial charge in [-0.3, -0.25) is 14.9 Å². The summed E-state index contributed by atoms with van der Waals surface area (Å²) in [6, 6.07) is 10.7. The minimum atomic E-state index is -0.675. The Bertz CT molecular complexity index is 740. The van der Waals surface area contributed by atoms with E-state index in [9.17, 15) is 14.4 Å². The molecule has 118 valence electrons. The fourth-order valence-electron chi connectivity index (χ4n) is 1.58. The number of hydrogen-bond acceptors (Lipinski definition) is 5. The number of amides is 2. The van der Waals surface area contributed by atoms with Crippen LogP contribution in [0, 0.1) is 0 Å². The highest BCUT2D eigenvalue weighted by Gasteiger charge is 2.12. The molecule has 0 aliphatic heterocycles. The summed E-state index contributed by atoms with van der Waals surface area (Å²) in [5, 5.41) is 3.87. The van der Waals surface area contributed by atoms with E-state index in [1.807, 2.05) is 24.3 Å². The molecule has 0 aliphatic carbocycles. The maximum absolute atomic E-state index is 11.6. The predicted octanol–water partition coefficient (Wildman–Crippen LogP) is 3.02. The maximum atomic E-state index is 11.6. The van der Waals surface area contributed by atoms with Gasteiger partial charge in [-0.05, 0) is 29.2 Å². The summed E-state index contributed by atoms with van der Waals surface area (Å²) in [5.41, 5.74) is 0.807. The van der Waals surface area contributed by atoms with Gasteiger partial charge >= 0.3 is 5.97 Å². The van der Waals surface area contributed by atoms with Gasteiger partial charge in [-0.25, -0.2) is 4.79 Å². The molecule has 0 saturated heterocycles. The molecule has 0 aliphatic rings. The number of thiophene rings is 1. The van der Waals surface area contributed by atoms with Crippen LogP contribution in [0.3, 0.4) is 0 Å². The number of rotatable bonds is 5. The highest BCUT2D eigenvalue weighted by atomic mass is 79.9. The Morgan fingerprint density at radius 3 is 2.65 bits per heavy atom. The second kappa shape index (κ2) is 8.40. The van der Waals surface area contributed by atoms with Gasteiger partial charge in [-0.2, -0.15) is 0 Å². The largest absolute Gasteiger partial charge is 0.452 e. The Hall–Kier alpha value is -2.25. The molecule has 1 heterocycles. The van der Waals surface area contributed by atoms with Crippen LogP contribution in [0.25, 0.3) is 6.08 Å². The first kappa shape index (κ1) is 17.1. The van der Waals surface area contributed by atoms with Crippen molar-refractivity contribution >= 4 is 51.1 Å². The number of halogens is 1. The molecule has 0 radical (unpaired) electrons. The zero-order valence-electron chi connectivity index (χ0n) is 11.8. The van der Waals surface area contributed by atoms with E-state index in [1.54, 1.807) is 23.6 Å². The topological polar surface area (TPSA) is 72.5 Å². The van der Waals surface area contributed by atoms with E-state index < -0.39 is 24.4 Å². The van der Waals surface area contributed by atoms with Crippen molar-refractivity contribution in [2.45, 2.75) is 0 Å². The smallest absolute Gasteiger partial charge is 0.331 e. The SMILES string of the molecule is O=C(COC(=O)/C=C/c1ccccc1Br)NC(=O)c1cccs1. The first-order chi connectivity index (χ1) is 11.1. The monoisotopic (exact) mass is 393 g/mol. The van der Waals surface area contributed by atoms with E-state index >= 15 is 0 Å². The van der Waals surface area contributed by atoms with E-state index in [1.165, 1.54) is 17.4 Å². The number of imide groups is 1. The second-order valence-electron chi connectivity index (χ2n) is 4.32. The third-order valence-electron chi connectivity index (χ3n) is 2.65. The van der Waals surface area contributed by atoms with Crippen molar-refractivity contribution in [3.8, 4) is 0 Å². The van der Waals surface area contributed by atoms with Crippen LogP contribution in [0.4, 0.5) is 0 Å². The quantitative estimate of drug-likeness (QED) is 0.625. The van der Waals surface area contributed by atoms with Crippen LogP contribution in [0.15, 0.2) is 52.3 Å². The average Bonchev–Trinajstić information content (AvgIpc) is 3.06. The summed E-state index contributed by atoms with van der Waals surface area (Å²) in [6.07, 6.45) is 2.79. The molecule has 2 rings (SSSR count). The number of esters is 1. The summed E-state index contributed by atoms with van der Waals surface area (Å²) in [4.78, 5) is 35.1. The molecular formula is C16H12BrNO4S. The lowest BCUT2D eigenvalue weighted by molar-refractivity contribution is -0.143. The first-order valence-electron chi connectivity index (χ1n) is 6.53. The number of carbonyl (C=O) groups excluding carboxylic acids is 3. The molecule has 0 spiro atoms. The molecule has 0 fully saturated rings. The standard InChI is InChI=1S/C16H12BrNO4S/c17-12-5-2-1-4-11(12)7-8-15(20)22-10-14(19)18-16(21)13-6-3-9-23-13/h1-9H,10H2,(H,18,19,21)/b8-7+. The van der Waals surface area contributed by atoms with Gasteiger partial charge in [-0.1, -0.05) is 40.2 Å². The van der Waals surface area contributed by atoms with Crippen LogP contribution in [0.5, 0.6) is 0 Å². The fraction of sp³-hybridized carbons (Fsp3) is 0.0625. The number of nitrogens with one attached hydrogen (secondary N) is 1. The molecule has 5 nitrogen and oxygen atoms in total. The third-order valence-corrected chi connectivity index (χ3v) is 4.24. The Balaban J connectivity index is 1.79. The van der Waals surface area contributed by atoms with Crippen molar-refractivity contribution in [3.05, 3.63) is 62.8 Å². The lowest BCUT2D eigenvalue weighted by Crippen LogP contribution is -2.33. The molecule has 1 aromatic heterocycles. The van der Waals surface area contributed by atoms with Gasteiger partial charge < -0.3 is 4.74 Å². The van der Waals surface area contributed by atoms with E-state index in [2.05, 4.69) is 21.2 Å². The minimum absolute atomic E-state index is 0.415. The van der Waals surface area contributed by atoms with Crippen LogP contribution in [0.1, 0.15) is 15.2 Å². The molecule has 0 unspecified atom stereocenters. The lowest BCUT2D eigenvalue weighted by atomic mass is 10.2. The molecule has 0 bridgehead atoms. The predicted molar refractivity (Wildman–Crippen MR) is 90.9 cm³/mol. The first-order valence-corrected chi connectivity index (χ1v) is 8.20. The third kappa shape index (κ3) is 5.46. The summed E-state index contributed by atoms with van der Waals surface area (Å²) in [7, 11) is 0. The number of ether oxygens (including phenoxy) is 1. The molecule has 1 N–H and O–H groups in total. The van der Waals surface area contributed by atoms with Crippen molar-refractivity contribution in [1.29, 1.82) is 0 Å². The highest BCUT2D eigenvalue weighted by Crippen LogP contribution is 2.17. The zero-order valence-corrected chi connectivity index (χ0v) is 14.2. The zero-order chi connectivity index (χ0) is 16.7. The molecule has 0 atom stereocenters.